The van der Waals surface area contributed by atoms with Crippen molar-refractivity contribution >= 4 is 11.8 Å². The molecule has 0 amide bonds. The molecule has 0 aromatic carbocycles. The summed E-state index contributed by atoms with van der Waals surface area (Å²) in [6.45, 7) is 3.74. The van der Waals surface area contributed by atoms with Gasteiger partial charge in [-0.3, -0.25) is 0 Å². The maximum Gasteiger partial charge on any atom is 0.338 e. The van der Waals surface area contributed by atoms with Crippen LogP contribution in [-0.4, -0.2) is 18.4 Å². The van der Waals surface area contributed by atoms with Gasteiger partial charge in [-0.05, 0) is 25.8 Å². The van der Waals surface area contributed by atoms with Crippen LogP contribution in [0, 0.1) is 0 Å². The van der Waals surface area contributed by atoms with Gasteiger partial charge in [0.2, 0.25) is 0 Å². The zero-order valence-corrected chi connectivity index (χ0v) is 8.50. The van der Waals surface area contributed by atoms with E-state index in [-0.39, 0.29) is 11.8 Å². The first kappa shape index (κ1) is 10.7. The first-order valence-electron chi connectivity index (χ1n) is 4.66. The van der Waals surface area contributed by atoms with Gasteiger partial charge in [-0.2, -0.15) is 0 Å². The number of hydrogen-bond acceptors (Lipinski definition) is 3. The number of ketones is 1. The van der Waals surface area contributed by atoms with E-state index < -0.39 is 0 Å². The summed E-state index contributed by atoms with van der Waals surface area (Å²) in [4.78, 5) is 22.0. The van der Waals surface area contributed by atoms with Gasteiger partial charge < -0.3 is 9.53 Å². The number of esters is 1. The maximum atomic E-state index is 11.2. The van der Waals surface area contributed by atoms with Crippen LogP contribution in [0.2, 0.25) is 0 Å². The first-order chi connectivity index (χ1) is 6.65. The summed E-state index contributed by atoms with van der Waals surface area (Å²) in [6.07, 6.45) is 4.65. The molecule has 3 heteroatoms. The third kappa shape index (κ3) is 2.55. The van der Waals surface area contributed by atoms with Crippen molar-refractivity contribution in [2.45, 2.75) is 26.7 Å². The molecule has 0 saturated heterocycles. The lowest BCUT2D eigenvalue weighted by atomic mass is 10.0. The largest absolute Gasteiger partial charge is 0.458 e. The number of Topliss-reactive ketones (excluding diaryl/α,β-unsaturated/α-hetero) is 1. The molecule has 1 heterocycles. The second-order valence-corrected chi connectivity index (χ2v) is 3.30. The number of carbonyl (C=O) groups excluding carboxylic acids is 2. The molecule has 1 aliphatic rings. The molecule has 76 valence electrons. The van der Waals surface area contributed by atoms with Crippen molar-refractivity contribution in [3.05, 3.63) is 23.3 Å². The average molecular weight is 194 g/mol. The van der Waals surface area contributed by atoms with E-state index >= 15 is 0 Å². The lowest BCUT2D eigenvalue weighted by Gasteiger charge is -1.97. The average Bonchev–Trinajstić information content (AvgIpc) is 2.46. The molecular formula is C11H14O3. The number of allylic oxidation sites excluding steroid dienone is 1. The summed E-state index contributed by atoms with van der Waals surface area (Å²) in [5, 5.41) is 0. The standard InChI is InChI=1S/C11H14O3/c1-3-4-10-9(6-5-8(2)12)7-14-11(10)13/h3-4H,5-7H2,1-2H3/b4-3+. The van der Waals surface area contributed by atoms with Crippen LogP contribution in [-0.2, 0) is 14.3 Å². The molecule has 1 rings (SSSR count). The number of cyclic esters (lactones) is 1. The molecule has 0 aromatic heterocycles. The third-order valence-electron chi connectivity index (χ3n) is 2.09. The Morgan fingerprint density at radius 2 is 2.29 bits per heavy atom. The van der Waals surface area contributed by atoms with Crippen molar-refractivity contribution in [3.8, 4) is 0 Å². The summed E-state index contributed by atoms with van der Waals surface area (Å²) in [7, 11) is 0. The summed E-state index contributed by atoms with van der Waals surface area (Å²) in [5.74, 6) is -0.140. The molecular weight excluding hydrogens is 180 g/mol. The molecule has 0 N–H and O–H groups in total. The fourth-order valence-electron chi connectivity index (χ4n) is 1.34. The predicted octanol–water partition coefficient (Wildman–Crippen LogP) is 1.79. The SMILES string of the molecule is C/C=C/C1=C(CCC(C)=O)COC1=O. The highest BCUT2D eigenvalue weighted by Gasteiger charge is 2.21. The van der Waals surface area contributed by atoms with Crippen molar-refractivity contribution < 1.29 is 14.3 Å². The van der Waals surface area contributed by atoms with Crippen LogP contribution >= 0.6 is 0 Å². The first-order valence-corrected chi connectivity index (χ1v) is 4.66. The highest BCUT2D eigenvalue weighted by atomic mass is 16.5. The molecule has 0 radical (unpaired) electrons. The van der Waals surface area contributed by atoms with Crippen LogP contribution in [0.4, 0.5) is 0 Å². The Morgan fingerprint density at radius 1 is 1.57 bits per heavy atom. The van der Waals surface area contributed by atoms with E-state index in [2.05, 4.69) is 0 Å². The van der Waals surface area contributed by atoms with E-state index in [4.69, 9.17) is 4.74 Å². The van der Waals surface area contributed by atoms with Gasteiger partial charge in [0.15, 0.2) is 0 Å². The van der Waals surface area contributed by atoms with E-state index in [1.165, 1.54) is 0 Å². The molecule has 0 aliphatic carbocycles. The lowest BCUT2D eigenvalue weighted by molar-refractivity contribution is -0.135. The molecule has 0 saturated carbocycles. The quantitative estimate of drug-likeness (QED) is 0.641. The Kier molecular flexibility index (Phi) is 3.63. The van der Waals surface area contributed by atoms with Crippen molar-refractivity contribution in [2.75, 3.05) is 6.61 Å². The third-order valence-corrected chi connectivity index (χ3v) is 2.09. The zero-order chi connectivity index (χ0) is 10.6. The summed E-state index contributed by atoms with van der Waals surface area (Å²) >= 11 is 0. The smallest absolute Gasteiger partial charge is 0.338 e. The molecule has 0 aromatic rings. The normalized spacial score (nSPS) is 16.6. The highest BCUT2D eigenvalue weighted by molar-refractivity contribution is 5.94. The van der Waals surface area contributed by atoms with E-state index in [0.717, 1.165) is 5.57 Å². The van der Waals surface area contributed by atoms with Crippen LogP contribution in [0.25, 0.3) is 0 Å². The minimum absolute atomic E-state index is 0.136. The van der Waals surface area contributed by atoms with E-state index in [9.17, 15) is 9.59 Å². The van der Waals surface area contributed by atoms with Crippen LogP contribution in [0.15, 0.2) is 23.3 Å². The topological polar surface area (TPSA) is 43.4 Å². The summed E-state index contributed by atoms with van der Waals surface area (Å²) in [5.41, 5.74) is 1.55. The predicted molar refractivity (Wildman–Crippen MR) is 52.7 cm³/mol. The number of carbonyl (C=O) groups is 2. The van der Waals surface area contributed by atoms with Gasteiger partial charge in [-0.25, -0.2) is 4.79 Å². The van der Waals surface area contributed by atoms with Crippen molar-refractivity contribution in [3.63, 3.8) is 0 Å². The van der Waals surface area contributed by atoms with Gasteiger partial charge in [-0.1, -0.05) is 12.2 Å². The number of rotatable bonds is 4. The maximum absolute atomic E-state index is 11.2. The number of hydrogen-bond donors (Lipinski definition) is 0. The molecule has 3 nitrogen and oxygen atoms in total. The van der Waals surface area contributed by atoms with E-state index in [1.54, 1.807) is 19.1 Å². The molecule has 1 aliphatic heterocycles. The second-order valence-electron chi connectivity index (χ2n) is 3.30. The van der Waals surface area contributed by atoms with Crippen LogP contribution in [0.3, 0.4) is 0 Å². The Labute approximate surface area is 83.4 Å². The van der Waals surface area contributed by atoms with Gasteiger partial charge in [0.25, 0.3) is 0 Å². The lowest BCUT2D eigenvalue weighted by Crippen LogP contribution is -1.96. The minimum atomic E-state index is -0.276. The fraction of sp³-hybridized carbons (Fsp3) is 0.455. The van der Waals surface area contributed by atoms with Crippen molar-refractivity contribution in [1.29, 1.82) is 0 Å². The van der Waals surface area contributed by atoms with Gasteiger partial charge in [0, 0.05) is 6.42 Å². The molecule has 0 bridgehead atoms. The number of ether oxygens (including phenoxy) is 1. The zero-order valence-electron chi connectivity index (χ0n) is 8.50. The van der Waals surface area contributed by atoms with Crippen molar-refractivity contribution in [1.82, 2.24) is 0 Å². The monoisotopic (exact) mass is 194 g/mol. The van der Waals surface area contributed by atoms with Crippen molar-refractivity contribution in [2.24, 2.45) is 0 Å². The van der Waals surface area contributed by atoms with Crippen LogP contribution in [0.5, 0.6) is 0 Å². The van der Waals surface area contributed by atoms with E-state index in [1.807, 2.05) is 6.92 Å². The van der Waals surface area contributed by atoms with Crippen LogP contribution in [0.1, 0.15) is 26.7 Å². The Bertz CT molecular complexity index is 310. The van der Waals surface area contributed by atoms with Gasteiger partial charge >= 0.3 is 5.97 Å². The Hall–Kier alpha value is -1.38. The van der Waals surface area contributed by atoms with E-state index in [0.29, 0.717) is 25.0 Å². The Morgan fingerprint density at radius 3 is 2.86 bits per heavy atom. The fourth-order valence-corrected chi connectivity index (χ4v) is 1.34. The minimum Gasteiger partial charge on any atom is -0.458 e. The van der Waals surface area contributed by atoms with Gasteiger partial charge in [-0.15, -0.1) is 0 Å². The molecule has 14 heavy (non-hydrogen) atoms. The van der Waals surface area contributed by atoms with Gasteiger partial charge in [0.1, 0.15) is 12.4 Å². The molecule has 0 unspecified atom stereocenters. The van der Waals surface area contributed by atoms with Gasteiger partial charge in [0.05, 0.1) is 5.57 Å². The summed E-state index contributed by atoms with van der Waals surface area (Å²) in [6, 6.07) is 0. The molecule has 0 fully saturated rings. The highest BCUT2D eigenvalue weighted by Crippen LogP contribution is 2.21. The Balaban J connectivity index is 2.72. The summed E-state index contributed by atoms with van der Waals surface area (Å²) < 4.78 is 4.89. The molecule has 0 atom stereocenters. The van der Waals surface area contributed by atoms with Crippen LogP contribution < -0.4 is 0 Å². The molecule has 0 spiro atoms. The second kappa shape index (κ2) is 4.74.